The lowest BCUT2D eigenvalue weighted by atomic mass is 10.1. The van der Waals surface area contributed by atoms with Crippen molar-refractivity contribution in [3.63, 3.8) is 0 Å². The van der Waals surface area contributed by atoms with Gasteiger partial charge in [-0.2, -0.15) is 0 Å². The highest BCUT2D eigenvalue weighted by molar-refractivity contribution is 8.00. The van der Waals surface area contributed by atoms with E-state index in [2.05, 4.69) is 10.6 Å². The minimum absolute atomic E-state index is 0.127. The smallest absolute Gasteiger partial charge is 0.248 e. The zero-order valence-electron chi connectivity index (χ0n) is 17.9. The third kappa shape index (κ3) is 6.51. The van der Waals surface area contributed by atoms with E-state index >= 15 is 0 Å². The Balaban J connectivity index is 1.47. The van der Waals surface area contributed by atoms with Crippen molar-refractivity contribution in [2.24, 2.45) is 0 Å². The molecule has 0 bridgehead atoms. The number of aryl methyl sites for hydroxylation is 3. The van der Waals surface area contributed by atoms with Crippen LogP contribution in [0.4, 0.5) is 11.4 Å². The third-order valence-electron chi connectivity index (χ3n) is 5.07. The molecule has 164 valence electrons. The molecular formula is C23H27N3O3S2. The van der Waals surface area contributed by atoms with Crippen molar-refractivity contribution >= 4 is 52.6 Å². The van der Waals surface area contributed by atoms with E-state index in [1.165, 1.54) is 11.8 Å². The van der Waals surface area contributed by atoms with Crippen LogP contribution in [0.5, 0.6) is 0 Å². The van der Waals surface area contributed by atoms with Crippen molar-refractivity contribution in [3.05, 3.63) is 59.2 Å². The summed E-state index contributed by atoms with van der Waals surface area (Å²) in [4.78, 5) is 39.1. The van der Waals surface area contributed by atoms with E-state index < -0.39 is 6.04 Å². The number of amides is 3. The number of benzene rings is 2. The highest BCUT2D eigenvalue weighted by Crippen LogP contribution is 2.24. The maximum absolute atomic E-state index is 12.7. The van der Waals surface area contributed by atoms with Crippen LogP contribution in [0.25, 0.3) is 0 Å². The molecule has 1 atom stereocenters. The van der Waals surface area contributed by atoms with E-state index in [0.717, 1.165) is 28.1 Å². The highest BCUT2D eigenvalue weighted by Gasteiger charge is 2.34. The van der Waals surface area contributed by atoms with Gasteiger partial charge in [0.2, 0.25) is 17.7 Å². The van der Waals surface area contributed by atoms with Crippen molar-refractivity contribution in [1.82, 2.24) is 4.90 Å². The standard InChI is InChI=1S/C23H27N3O3S2/c1-15-4-7-18(8-5-15)24-21(27)12-30-13-22(28)26-14-31-11-20(26)23(29)25-19-9-6-16(2)17(3)10-19/h4-10,20H,11-14H2,1-3H3,(H,24,27)(H,25,29). The quantitative estimate of drug-likeness (QED) is 0.661. The van der Waals surface area contributed by atoms with E-state index in [0.29, 0.717) is 11.6 Å². The SMILES string of the molecule is Cc1ccc(NC(=O)CSCC(=O)N2CSCC2C(=O)Nc2ccc(C)c(C)c2)cc1. The van der Waals surface area contributed by atoms with Gasteiger partial charge in [-0.3, -0.25) is 14.4 Å². The van der Waals surface area contributed by atoms with Crippen LogP contribution in [0.15, 0.2) is 42.5 Å². The fourth-order valence-electron chi connectivity index (χ4n) is 3.10. The molecule has 1 heterocycles. The molecule has 31 heavy (non-hydrogen) atoms. The minimum atomic E-state index is -0.499. The van der Waals surface area contributed by atoms with Crippen LogP contribution in [-0.4, -0.2) is 51.8 Å². The second-order valence-electron chi connectivity index (χ2n) is 7.57. The Kier molecular flexibility index (Phi) is 8.03. The Labute approximate surface area is 191 Å². The average Bonchev–Trinajstić information content (AvgIpc) is 3.23. The summed E-state index contributed by atoms with van der Waals surface area (Å²) in [6.07, 6.45) is 0. The van der Waals surface area contributed by atoms with Crippen molar-refractivity contribution < 1.29 is 14.4 Å². The first-order valence-corrected chi connectivity index (χ1v) is 12.3. The zero-order valence-corrected chi connectivity index (χ0v) is 19.6. The minimum Gasteiger partial charge on any atom is -0.325 e. The summed E-state index contributed by atoms with van der Waals surface area (Å²) in [5.41, 5.74) is 4.86. The van der Waals surface area contributed by atoms with Gasteiger partial charge < -0.3 is 15.5 Å². The summed E-state index contributed by atoms with van der Waals surface area (Å²) in [5.74, 6) is 0.944. The molecule has 1 aliphatic rings. The Morgan fingerprint density at radius 3 is 2.39 bits per heavy atom. The first-order chi connectivity index (χ1) is 14.8. The van der Waals surface area contributed by atoms with Gasteiger partial charge in [0.25, 0.3) is 0 Å². The summed E-state index contributed by atoms with van der Waals surface area (Å²) in [5, 5.41) is 5.75. The molecule has 1 unspecified atom stereocenters. The van der Waals surface area contributed by atoms with Gasteiger partial charge in [-0.1, -0.05) is 23.8 Å². The molecule has 3 rings (SSSR count). The number of nitrogens with one attached hydrogen (secondary N) is 2. The van der Waals surface area contributed by atoms with Gasteiger partial charge in [0, 0.05) is 17.1 Å². The van der Waals surface area contributed by atoms with E-state index in [4.69, 9.17) is 0 Å². The molecular weight excluding hydrogens is 430 g/mol. The molecule has 0 saturated carbocycles. The molecule has 2 aromatic carbocycles. The predicted octanol–water partition coefficient (Wildman–Crippen LogP) is 3.82. The number of carbonyl (C=O) groups excluding carboxylic acids is 3. The maximum atomic E-state index is 12.7. The third-order valence-corrected chi connectivity index (χ3v) is 7.00. The predicted molar refractivity (Wildman–Crippen MR) is 130 cm³/mol. The van der Waals surface area contributed by atoms with Crippen LogP contribution in [-0.2, 0) is 14.4 Å². The summed E-state index contributed by atoms with van der Waals surface area (Å²) in [6.45, 7) is 6.01. The second-order valence-corrected chi connectivity index (χ2v) is 9.56. The highest BCUT2D eigenvalue weighted by atomic mass is 32.2. The van der Waals surface area contributed by atoms with Gasteiger partial charge in [-0.25, -0.2) is 0 Å². The summed E-state index contributed by atoms with van der Waals surface area (Å²) < 4.78 is 0. The Bertz CT molecular complexity index is 963. The van der Waals surface area contributed by atoms with Crippen LogP contribution in [0, 0.1) is 20.8 Å². The van der Waals surface area contributed by atoms with Crippen LogP contribution in [0.1, 0.15) is 16.7 Å². The maximum Gasteiger partial charge on any atom is 0.248 e. The van der Waals surface area contributed by atoms with Gasteiger partial charge in [-0.05, 0) is 56.2 Å². The van der Waals surface area contributed by atoms with Crippen molar-refractivity contribution in [2.45, 2.75) is 26.8 Å². The largest absolute Gasteiger partial charge is 0.325 e. The summed E-state index contributed by atoms with van der Waals surface area (Å²) in [7, 11) is 0. The van der Waals surface area contributed by atoms with Gasteiger partial charge in [0.05, 0.1) is 17.4 Å². The van der Waals surface area contributed by atoms with E-state index in [1.807, 2.05) is 63.2 Å². The molecule has 0 aromatic heterocycles. The number of rotatable bonds is 7. The Hall–Kier alpha value is -2.45. The monoisotopic (exact) mass is 457 g/mol. The fourth-order valence-corrected chi connectivity index (χ4v) is 4.98. The molecule has 0 radical (unpaired) electrons. The number of hydrogen-bond acceptors (Lipinski definition) is 5. The number of anilines is 2. The first kappa shape index (κ1) is 23.2. The summed E-state index contributed by atoms with van der Waals surface area (Å²) in [6, 6.07) is 12.8. The van der Waals surface area contributed by atoms with Crippen molar-refractivity contribution in [1.29, 1.82) is 0 Å². The topological polar surface area (TPSA) is 78.5 Å². The van der Waals surface area contributed by atoms with Gasteiger partial charge >= 0.3 is 0 Å². The fraction of sp³-hybridized carbons (Fsp3) is 0.348. The van der Waals surface area contributed by atoms with Crippen molar-refractivity contribution in [2.75, 3.05) is 33.8 Å². The van der Waals surface area contributed by atoms with E-state index in [1.54, 1.807) is 16.7 Å². The number of nitrogens with zero attached hydrogens (tertiary/aromatic N) is 1. The second kappa shape index (κ2) is 10.7. The molecule has 8 heteroatoms. The van der Waals surface area contributed by atoms with E-state index in [9.17, 15) is 14.4 Å². The van der Waals surface area contributed by atoms with Crippen LogP contribution in [0.3, 0.4) is 0 Å². The Morgan fingerprint density at radius 1 is 0.968 bits per heavy atom. The molecule has 0 aliphatic carbocycles. The van der Waals surface area contributed by atoms with Crippen molar-refractivity contribution in [3.8, 4) is 0 Å². The molecule has 3 amide bonds. The van der Waals surface area contributed by atoms with E-state index in [-0.39, 0.29) is 29.2 Å². The molecule has 1 aliphatic heterocycles. The molecule has 1 fully saturated rings. The molecule has 2 N–H and O–H groups in total. The number of hydrogen-bond donors (Lipinski definition) is 2. The number of carbonyl (C=O) groups is 3. The number of thioether (sulfide) groups is 2. The molecule has 6 nitrogen and oxygen atoms in total. The molecule has 0 spiro atoms. The molecule has 2 aromatic rings. The first-order valence-electron chi connectivity index (χ1n) is 10.0. The van der Waals surface area contributed by atoms with Gasteiger partial charge in [0.1, 0.15) is 6.04 Å². The zero-order chi connectivity index (χ0) is 22.4. The Morgan fingerprint density at radius 2 is 1.68 bits per heavy atom. The van der Waals surface area contributed by atoms with Gasteiger partial charge in [-0.15, -0.1) is 23.5 Å². The average molecular weight is 458 g/mol. The van der Waals surface area contributed by atoms with Crippen LogP contribution >= 0.6 is 23.5 Å². The lowest BCUT2D eigenvalue weighted by molar-refractivity contribution is -0.134. The van der Waals surface area contributed by atoms with Gasteiger partial charge in [0.15, 0.2) is 0 Å². The van der Waals surface area contributed by atoms with Crippen LogP contribution in [0.2, 0.25) is 0 Å². The summed E-state index contributed by atoms with van der Waals surface area (Å²) >= 11 is 2.82. The normalized spacial score (nSPS) is 15.6. The van der Waals surface area contributed by atoms with Crippen LogP contribution < -0.4 is 10.6 Å². The molecule has 1 saturated heterocycles. The lowest BCUT2D eigenvalue weighted by Crippen LogP contribution is -2.45. The lowest BCUT2D eigenvalue weighted by Gasteiger charge is -2.23.